The molecule has 0 amide bonds. The van der Waals surface area contributed by atoms with E-state index in [4.69, 9.17) is 21.4 Å². The summed E-state index contributed by atoms with van der Waals surface area (Å²) in [5.74, 6) is -0.354. The first-order valence-corrected chi connectivity index (χ1v) is 9.77. The van der Waals surface area contributed by atoms with Crippen LogP contribution >= 0.6 is 11.6 Å². The Labute approximate surface area is 186 Å². The number of hydrogen-bond donors (Lipinski definition) is 3. The second kappa shape index (κ2) is 9.88. The van der Waals surface area contributed by atoms with Gasteiger partial charge in [-0.15, -0.1) is 0 Å². The predicted molar refractivity (Wildman–Crippen MR) is 112 cm³/mol. The molecule has 0 bridgehead atoms. The lowest BCUT2D eigenvalue weighted by Crippen LogP contribution is -2.20. The summed E-state index contributed by atoms with van der Waals surface area (Å²) in [6.07, 6.45) is -3.63. The molecule has 0 fully saturated rings. The van der Waals surface area contributed by atoms with Gasteiger partial charge in [0.05, 0.1) is 10.6 Å². The number of aliphatic hydroxyl groups excluding tert-OH is 1. The van der Waals surface area contributed by atoms with Crippen molar-refractivity contribution in [2.45, 2.75) is 25.2 Å². The molecule has 3 N–H and O–H groups in total. The molecule has 3 aromatic rings. The number of aromatic carboxylic acids is 1. The molecule has 168 valence electrons. The number of nitrogens with zero attached hydrogens (tertiary/aromatic N) is 1. The van der Waals surface area contributed by atoms with E-state index < -0.39 is 29.0 Å². The highest BCUT2D eigenvalue weighted by Gasteiger charge is 2.33. The molecule has 0 spiro atoms. The maximum atomic E-state index is 12.9. The summed E-state index contributed by atoms with van der Waals surface area (Å²) in [7, 11) is 0. The van der Waals surface area contributed by atoms with Gasteiger partial charge in [-0.2, -0.15) is 13.2 Å². The van der Waals surface area contributed by atoms with Crippen LogP contribution in [0.25, 0.3) is 0 Å². The zero-order valence-electron chi connectivity index (χ0n) is 16.4. The van der Waals surface area contributed by atoms with E-state index in [9.17, 15) is 23.1 Å². The lowest BCUT2D eigenvalue weighted by Gasteiger charge is -2.16. The van der Waals surface area contributed by atoms with Crippen molar-refractivity contribution < 1.29 is 32.9 Å². The van der Waals surface area contributed by atoms with Gasteiger partial charge in [0.2, 0.25) is 0 Å². The third kappa shape index (κ3) is 6.35. The molecular formula is C22H18ClF3N2O4. The standard InChI is InChI=1S/C22H18ClF3N2O4/c23-18-7-4-14(11-17(18)22(24,25)26)28-20(29)8-3-13-1-5-15(6-2-13)32-16-9-10-27-19(12-16)21(30)31/h1-2,4-7,9-12,20,28-29H,3,8H2,(H,30,31). The van der Waals surface area contributed by atoms with Crippen LogP contribution in [0.4, 0.5) is 18.9 Å². The molecule has 1 aromatic heterocycles. The number of rotatable bonds is 8. The number of carboxylic acids is 1. The van der Waals surface area contributed by atoms with Gasteiger partial charge in [-0.1, -0.05) is 23.7 Å². The second-order valence-electron chi connectivity index (χ2n) is 6.82. The molecule has 1 heterocycles. The number of anilines is 1. The lowest BCUT2D eigenvalue weighted by molar-refractivity contribution is -0.137. The lowest BCUT2D eigenvalue weighted by atomic mass is 10.1. The van der Waals surface area contributed by atoms with Crippen molar-refractivity contribution in [2.24, 2.45) is 0 Å². The van der Waals surface area contributed by atoms with E-state index in [0.717, 1.165) is 17.7 Å². The van der Waals surface area contributed by atoms with Crippen LogP contribution in [0.5, 0.6) is 11.5 Å². The second-order valence-corrected chi connectivity index (χ2v) is 7.23. The van der Waals surface area contributed by atoms with Crippen molar-refractivity contribution >= 4 is 23.3 Å². The van der Waals surface area contributed by atoms with Crippen molar-refractivity contribution in [3.63, 3.8) is 0 Å². The summed E-state index contributed by atoms with van der Waals surface area (Å²) in [5.41, 5.74) is -0.137. The average Bonchev–Trinajstić information content (AvgIpc) is 2.74. The molecule has 1 unspecified atom stereocenters. The number of pyridine rings is 1. The minimum Gasteiger partial charge on any atom is -0.477 e. The monoisotopic (exact) mass is 466 g/mol. The van der Waals surface area contributed by atoms with Gasteiger partial charge in [0, 0.05) is 18.0 Å². The van der Waals surface area contributed by atoms with Crippen LogP contribution in [0.3, 0.4) is 0 Å². The van der Waals surface area contributed by atoms with Gasteiger partial charge >= 0.3 is 12.1 Å². The van der Waals surface area contributed by atoms with Gasteiger partial charge in [0.25, 0.3) is 0 Å². The van der Waals surface area contributed by atoms with Crippen molar-refractivity contribution in [1.29, 1.82) is 0 Å². The Hall–Kier alpha value is -3.30. The van der Waals surface area contributed by atoms with Crippen LogP contribution in [-0.2, 0) is 12.6 Å². The van der Waals surface area contributed by atoms with E-state index in [1.54, 1.807) is 24.3 Å². The molecule has 6 nitrogen and oxygen atoms in total. The Kier molecular flexibility index (Phi) is 7.22. The number of benzene rings is 2. The number of aryl methyl sites for hydroxylation is 1. The number of ether oxygens (including phenoxy) is 1. The van der Waals surface area contributed by atoms with Gasteiger partial charge in [-0.3, -0.25) is 0 Å². The van der Waals surface area contributed by atoms with Crippen LogP contribution in [0, 0.1) is 0 Å². The van der Waals surface area contributed by atoms with Crippen LogP contribution in [0.2, 0.25) is 5.02 Å². The summed E-state index contributed by atoms with van der Waals surface area (Å²) in [5, 5.41) is 21.3. The first-order chi connectivity index (χ1) is 15.1. The minimum atomic E-state index is -4.59. The van der Waals surface area contributed by atoms with Crippen molar-refractivity contribution in [2.75, 3.05) is 5.32 Å². The summed E-state index contributed by atoms with van der Waals surface area (Å²) < 4.78 is 44.4. The molecule has 32 heavy (non-hydrogen) atoms. The highest BCUT2D eigenvalue weighted by molar-refractivity contribution is 6.31. The quantitative estimate of drug-likeness (QED) is 0.374. The Morgan fingerprint density at radius 1 is 1.09 bits per heavy atom. The number of hydrogen-bond acceptors (Lipinski definition) is 5. The molecule has 3 rings (SSSR count). The topological polar surface area (TPSA) is 91.7 Å². The summed E-state index contributed by atoms with van der Waals surface area (Å²) in [6, 6.07) is 13.1. The fourth-order valence-electron chi connectivity index (χ4n) is 2.85. The van der Waals surface area contributed by atoms with Crippen molar-refractivity contribution in [3.05, 3.63) is 82.6 Å². The first-order valence-electron chi connectivity index (χ1n) is 9.39. The summed E-state index contributed by atoms with van der Waals surface area (Å²) >= 11 is 5.59. The molecule has 10 heteroatoms. The summed E-state index contributed by atoms with van der Waals surface area (Å²) in [6.45, 7) is 0. The number of carbonyl (C=O) groups is 1. The average molecular weight is 467 g/mol. The molecule has 0 saturated heterocycles. The zero-order valence-corrected chi connectivity index (χ0v) is 17.2. The third-order valence-corrected chi connectivity index (χ3v) is 4.75. The maximum absolute atomic E-state index is 12.9. The minimum absolute atomic E-state index is 0.107. The fraction of sp³-hybridized carbons (Fsp3) is 0.182. The van der Waals surface area contributed by atoms with Gasteiger partial charge in [-0.05, 0) is 54.8 Å². The largest absolute Gasteiger partial charge is 0.477 e. The molecular weight excluding hydrogens is 449 g/mol. The molecule has 0 radical (unpaired) electrons. The number of carboxylic acid groups (broad SMARTS) is 1. The van der Waals surface area contributed by atoms with E-state index in [-0.39, 0.29) is 17.8 Å². The van der Waals surface area contributed by atoms with Gasteiger partial charge in [-0.25, -0.2) is 9.78 Å². The SMILES string of the molecule is O=C(O)c1cc(Oc2ccc(CCC(O)Nc3ccc(Cl)c(C(F)(F)F)c3)cc2)ccn1. The van der Waals surface area contributed by atoms with E-state index in [2.05, 4.69) is 10.3 Å². The first kappa shape index (κ1) is 23.4. The van der Waals surface area contributed by atoms with Crippen molar-refractivity contribution in [1.82, 2.24) is 4.98 Å². The number of nitrogens with one attached hydrogen (secondary N) is 1. The zero-order chi connectivity index (χ0) is 23.3. The molecule has 0 aliphatic heterocycles. The Balaban J connectivity index is 1.55. The van der Waals surface area contributed by atoms with E-state index in [1.165, 1.54) is 24.4 Å². The van der Waals surface area contributed by atoms with E-state index in [0.29, 0.717) is 17.9 Å². The molecule has 0 aliphatic carbocycles. The Bertz CT molecular complexity index is 1090. The van der Waals surface area contributed by atoms with Crippen LogP contribution in [-0.4, -0.2) is 27.4 Å². The summed E-state index contributed by atoms with van der Waals surface area (Å²) in [4.78, 5) is 14.7. The van der Waals surface area contributed by atoms with Gasteiger partial charge in [0.1, 0.15) is 17.7 Å². The molecule has 2 aromatic carbocycles. The normalized spacial score (nSPS) is 12.3. The third-order valence-electron chi connectivity index (χ3n) is 4.42. The molecule has 1 atom stereocenters. The van der Waals surface area contributed by atoms with E-state index in [1.807, 2.05) is 0 Å². The van der Waals surface area contributed by atoms with E-state index >= 15 is 0 Å². The Morgan fingerprint density at radius 3 is 2.47 bits per heavy atom. The molecule has 0 saturated carbocycles. The Morgan fingerprint density at radius 2 is 1.81 bits per heavy atom. The van der Waals surface area contributed by atoms with Crippen LogP contribution in [0.15, 0.2) is 60.8 Å². The smallest absolute Gasteiger partial charge is 0.417 e. The predicted octanol–water partition coefficient (Wildman–Crippen LogP) is 5.61. The van der Waals surface area contributed by atoms with Crippen LogP contribution in [0.1, 0.15) is 28.0 Å². The number of aliphatic hydroxyl groups is 1. The number of halogens is 4. The van der Waals surface area contributed by atoms with Crippen molar-refractivity contribution in [3.8, 4) is 11.5 Å². The number of alkyl halides is 3. The fourth-order valence-corrected chi connectivity index (χ4v) is 3.08. The van der Waals surface area contributed by atoms with Gasteiger partial charge < -0.3 is 20.3 Å². The van der Waals surface area contributed by atoms with Gasteiger partial charge in [0.15, 0.2) is 5.69 Å². The highest BCUT2D eigenvalue weighted by Crippen LogP contribution is 2.36. The van der Waals surface area contributed by atoms with Crippen LogP contribution < -0.4 is 10.1 Å². The molecule has 0 aliphatic rings. The maximum Gasteiger partial charge on any atom is 0.417 e. The number of aromatic nitrogens is 1. The highest BCUT2D eigenvalue weighted by atomic mass is 35.5.